The van der Waals surface area contributed by atoms with Crippen LogP contribution in [0.4, 0.5) is 0 Å². The number of thioether (sulfide) groups is 1. The summed E-state index contributed by atoms with van der Waals surface area (Å²) in [7, 11) is 0. The van der Waals surface area contributed by atoms with Crippen LogP contribution in [0.15, 0.2) is 29.4 Å². The quantitative estimate of drug-likeness (QED) is 0.764. The number of fused-ring (bicyclic) bond motifs is 1. The van der Waals surface area contributed by atoms with Gasteiger partial charge in [0, 0.05) is 6.54 Å². The van der Waals surface area contributed by atoms with Crippen LogP contribution in [0, 0.1) is 23.2 Å². The van der Waals surface area contributed by atoms with Crippen LogP contribution >= 0.6 is 11.8 Å². The number of amides is 1. The van der Waals surface area contributed by atoms with Crippen LogP contribution in [0.5, 0.6) is 0 Å². The van der Waals surface area contributed by atoms with Gasteiger partial charge in [0.05, 0.1) is 22.9 Å². The van der Waals surface area contributed by atoms with Crippen molar-refractivity contribution in [2.75, 3.05) is 5.75 Å². The molecule has 0 bridgehead atoms. The third-order valence-electron chi connectivity index (χ3n) is 4.29. The number of nitrogens with zero attached hydrogens (tertiary/aromatic N) is 3. The summed E-state index contributed by atoms with van der Waals surface area (Å²) < 4.78 is 2.17. The highest BCUT2D eigenvalue weighted by atomic mass is 32.2. The highest BCUT2D eigenvalue weighted by Gasteiger charge is 2.30. The Labute approximate surface area is 153 Å². The second kappa shape index (κ2) is 7.92. The summed E-state index contributed by atoms with van der Waals surface area (Å²) in [5.41, 5.74) is 1.17. The maximum atomic E-state index is 12.3. The van der Waals surface area contributed by atoms with Crippen molar-refractivity contribution in [1.82, 2.24) is 14.9 Å². The Morgan fingerprint density at radius 1 is 1.36 bits per heavy atom. The monoisotopic (exact) mass is 358 g/mol. The fraction of sp³-hybridized carbons (Fsp3) is 0.526. The van der Waals surface area contributed by atoms with E-state index in [1.165, 1.54) is 11.8 Å². The highest BCUT2D eigenvalue weighted by molar-refractivity contribution is 7.99. The minimum absolute atomic E-state index is 0.0389. The molecule has 1 amide bonds. The first-order valence-corrected chi connectivity index (χ1v) is 9.55. The Balaban J connectivity index is 2.15. The Hall–Kier alpha value is -2.00. The summed E-state index contributed by atoms with van der Waals surface area (Å²) >= 11 is 1.42. The van der Waals surface area contributed by atoms with Crippen LogP contribution in [0.3, 0.4) is 0 Å². The first-order valence-electron chi connectivity index (χ1n) is 8.57. The summed E-state index contributed by atoms with van der Waals surface area (Å²) in [5, 5.41) is 13.0. The molecule has 0 radical (unpaired) electrons. The minimum Gasteiger partial charge on any atom is -0.337 e. The van der Waals surface area contributed by atoms with Crippen molar-refractivity contribution >= 4 is 28.7 Å². The molecular formula is C19H26N4OS. The van der Waals surface area contributed by atoms with Gasteiger partial charge in [-0.15, -0.1) is 0 Å². The molecule has 1 atom stereocenters. The van der Waals surface area contributed by atoms with E-state index in [0.29, 0.717) is 5.92 Å². The second-order valence-electron chi connectivity index (χ2n) is 7.19. The zero-order chi connectivity index (χ0) is 18.6. The molecule has 134 valence electrons. The lowest BCUT2D eigenvalue weighted by atomic mass is 9.90. The molecule has 25 heavy (non-hydrogen) atoms. The smallest absolute Gasteiger partial charge is 0.231 e. The van der Waals surface area contributed by atoms with E-state index in [-0.39, 0.29) is 17.6 Å². The van der Waals surface area contributed by atoms with Crippen LogP contribution in [-0.4, -0.2) is 26.8 Å². The van der Waals surface area contributed by atoms with Crippen molar-refractivity contribution in [3.63, 3.8) is 0 Å². The molecule has 2 rings (SSSR count). The van der Waals surface area contributed by atoms with Gasteiger partial charge >= 0.3 is 0 Å². The number of imidazole rings is 1. The Kier molecular flexibility index (Phi) is 6.12. The van der Waals surface area contributed by atoms with Gasteiger partial charge in [-0.05, 0) is 30.9 Å². The number of carbonyl (C=O) groups is 1. The molecular weight excluding hydrogens is 332 g/mol. The predicted octanol–water partition coefficient (Wildman–Crippen LogP) is 3.84. The number of nitriles is 1. The van der Waals surface area contributed by atoms with Gasteiger partial charge in [-0.1, -0.05) is 51.6 Å². The maximum absolute atomic E-state index is 12.3. The Bertz CT molecular complexity index is 790. The molecule has 1 aromatic carbocycles. The molecule has 0 saturated heterocycles. The van der Waals surface area contributed by atoms with E-state index < -0.39 is 5.54 Å². The molecule has 1 heterocycles. The van der Waals surface area contributed by atoms with E-state index >= 15 is 0 Å². The maximum Gasteiger partial charge on any atom is 0.231 e. The molecule has 0 aliphatic heterocycles. The molecule has 1 aromatic heterocycles. The summed E-state index contributed by atoms with van der Waals surface area (Å²) in [4.78, 5) is 17.0. The van der Waals surface area contributed by atoms with Gasteiger partial charge in [0.25, 0.3) is 0 Å². The van der Waals surface area contributed by atoms with Crippen molar-refractivity contribution in [2.24, 2.45) is 11.8 Å². The number of hydrogen-bond acceptors (Lipinski definition) is 4. The zero-order valence-corrected chi connectivity index (χ0v) is 16.4. The van der Waals surface area contributed by atoms with E-state index in [1.807, 2.05) is 32.0 Å². The average Bonchev–Trinajstić information content (AvgIpc) is 2.90. The van der Waals surface area contributed by atoms with E-state index in [4.69, 9.17) is 0 Å². The van der Waals surface area contributed by atoms with Crippen molar-refractivity contribution in [2.45, 2.75) is 51.9 Å². The van der Waals surface area contributed by atoms with Crippen molar-refractivity contribution in [3.8, 4) is 6.07 Å². The molecule has 0 aliphatic carbocycles. The van der Waals surface area contributed by atoms with E-state index in [2.05, 4.69) is 40.9 Å². The first kappa shape index (κ1) is 19.3. The molecule has 6 heteroatoms. The van der Waals surface area contributed by atoms with Gasteiger partial charge < -0.3 is 9.88 Å². The molecule has 1 N–H and O–H groups in total. The van der Waals surface area contributed by atoms with Gasteiger partial charge in [0.1, 0.15) is 5.54 Å². The molecule has 0 fully saturated rings. The number of para-hydroxylation sites is 2. The molecule has 2 aromatic rings. The lowest BCUT2D eigenvalue weighted by Crippen LogP contribution is -2.49. The summed E-state index contributed by atoms with van der Waals surface area (Å²) in [6, 6.07) is 10.2. The van der Waals surface area contributed by atoms with Crippen LogP contribution in [-0.2, 0) is 11.3 Å². The van der Waals surface area contributed by atoms with Crippen molar-refractivity contribution in [1.29, 1.82) is 5.26 Å². The molecule has 0 aliphatic rings. The lowest BCUT2D eigenvalue weighted by Gasteiger charge is -2.27. The number of benzene rings is 1. The van der Waals surface area contributed by atoms with Crippen LogP contribution in [0.2, 0.25) is 0 Å². The van der Waals surface area contributed by atoms with Crippen LogP contribution in [0.1, 0.15) is 34.6 Å². The van der Waals surface area contributed by atoms with Gasteiger partial charge in [0.15, 0.2) is 5.16 Å². The molecule has 0 spiro atoms. The highest BCUT2D eigenvalue weighted by Crippen LogP contribution is 2.25. The molecule has 0 saturated carbocycles. The van der Waals surface area contributed by atoms with Crippen molar-refractivity contribution < 1.29 is 4.79 Å². The van der Waals surface area contributed by atoms with Gasteiger partial charge in [-0.25, -0.2) is 4.98 Å². The number of aromatic nitrogens is 2. The summed E-state index contributed by atoms with van der Waals surface area (Å²) in [5.74, 6) is 0.613. The van der Waals surface area contributed by atoms with Gasteiger partial charge in [-0.2, -0.15) is 5.26 Å². The van der Waals surface area contributed by atoms with Crippen molar-refractivity contribution in [3.05, 3.63) is 24.3 Å². The second-order valence-corrected chi connectivity index (χ2v) is 8.14. The minimum atomic E-state index is -0.851. The average molecular weight is 359 g/mol. The fourth-order valence-corrected chi connectivity index (χ4v) is 3.29. The van der Waals surface area contributed by atoms with Crippen LogP contribution < -0.4 is 5.32 Å². The predicted molar refractivity (Wildman–Crippen MR) is 102 cm³/mol. The third-order valence-corrected chi connectivity index (χ3v) is 5.26. The topological polar surface area (TPSA) is 70.7 Å². The number of hydrogen-bond donors (Lipinski definition) is 1. The Morgan fingerprint density at radius 2 is 2.04 bits per heavy atom. The summed E-state index contributed by atoms with van der Waals surface area (Å²) in [6.45, 7) is 10.8. The largest absolute Gasteiger partial charge is 0.337 e. The molecule has 5 nitrogen and oxygen atoms in total. The fourth-order valence-electron chi connectivity index (χ4n) is 2.46. The lowest BCUT2D eigenvalue weighted by molar-refractivity contribution is -0.120. The number of nitrogens with one attached hydrogen (secondary N) is 1. The summed E-state index contributed by atoms with van der Waals surface area (Å²) in [6.07, 6.45) is 0. The normalized spacial score (nSPS) is 13.8. The zero-order valence-electron chi connectivity index (χ0n) is 15.5. The number of carbonyl (C=O) groups excluding carboxylic acids is 1. The van der Waals surface area contributed by atoms with E-state index in [0.717, 1.165) is 22.7 Å². The van der Waals surface area contributed by atoms with Gasteiger partial charge in [0.2, 0.25) is 5.91 Å². The van der Waals surface area contributed by atoms with Gasteiger partial charge in [-0.3, -0.25) is 4.79 Å². The Morgan fingerprint density at radius 3 is 2.64 bits per heavy atom. The first-order chi connectivity index (χ1) is 11.8. The van der Waals surface area contributed by atoms with Crippen LogP contribution in [0.25, 0.3) is 11.0 Å². The standard InChI is InChI=1S/C19H26N4OS/c1-13(2)10-23-16-9-7-6-8-15(16)21-18(23)25-11-17(24)22-19(5,12-20)14(3)4/h6-9,13-14H,10-11H2,1-5H3,(H,22,24)/t19-/m1/s1. The SMILES string of the molecule is CC(C)Cn1c(SCC(=O)N[C@](C)(C#N)C(C)C)nc2ccccc21. The third kappa shape index (κ3) is 4.55. The van der Waals surface area contributed by atoms with E-state index in [9.17, 15) is 10.1 Å². The molecule has 0 unspecified atom stereocenters. The van der Waals surface area contributed by atoms with E-state index in [1.54, 1.807) is 6.92 Å². The number of rotatable bonds is 7.